The molecule has 0 radical (unpaired) electrons. The highest BCUT2D eigenvalue weighted by atomic mass is 15.2. The molecular weight excluding hydrogens is 224 g/mol. The van der Waals surface area contributed by atoms with Crippen LogP contribution in [-0.2, 0) is 13.1 Å². The number of hydrogen-bond acceptors (Lipinski definition) is 3. The van der Waals surface area contributed by atoms with Crippen molar-refractivity contribution in [2.24, 2.45) is 0 Å². The summed E-state index contributed by atoms with van der Waals surface area (Å²) < 4.78 is 2.04. The van der Waals surface area contributed by atoms with Crippen LogP contribution in [0, 0.1) is 13.8 Å². The summed E-state index contributed by atoms with van der Waals surface area (Å²) in [6, 6.07) is 4.01. The van der Waals surface area contributed by atoms with Crippen LogP contribution >= 0.6 is 0 Å². The minimum absolute atomic E-state index is 0.681. The zero-order valence-electron chi connectivity index (χ0n) is 10.8. The van der Waals surface area contributed by atoms with E-state index in [1.165, 1.54) is 5.56 Å². The van der Waals surface area contributed by atoms with Gasteiger partial charge in [-0.05, 0) is 25.5 Å². The van der Waals surface area contributed by atoms with E-state index in [4.69, 9.17) is 0 Å². The van der Waals surface area contributed by atoms with E-state index in [1.807, 2.05) is 36.0 Å². The van der Waals surface area contributed by atoms with E-state index in [9.17, 15) is 0 Å². The van der Waals surface area contributed by atoms with Crippen molar-refractivity contribution in [3.05, 3.63) is 54.1 Å². The fraction of sp³-hybridized carbons (Fsp3) is 0.286. The Labute approximate surface area is 107 Å². The number of anilines is 1. The van der Waals surface area contributed by atoms with Crippen LogP contribution in [0.3, 0.4) is 0 Å². The van der Waals surface area contributed by atoms with Crippen LogP contribution in [0.4, 0.5) is 5.95 Å². The first-order chi connectivity index (χ1) is 8.70. The van der Waals surface area contributed by atoms with Gasteiger partial charge in [0.2, 0.25) is 5.95 Å². The molecular formula is C14H18N4. The molecule has 2 aromatic rings. The molecule has 18 heavy (non-hydrogen) atoms. The number of nitrogens with zero attached hydrogens (tertiary/aromatic N) is 3. The fourth-order valence-corrected chi connectivity index (χ4v) is 1.83. The largest absolute Gasteiger partial charge is 0.350 e. The third-order valence-electron chi connectivity index (χ3n) is 2.75. The molecule has 0 aliphatic rings. The van der Waals surface area contributed by atoms with E-state index < -0.39 is 0 Å². The Morgan fingerprint density at radius 1 is 1.44 bits per heavy atom. The highest BCUT2D eigenvalue weighted by molar-refractivity contribution is 5.31. The Balaban J connectivity index is 2.10. The van der Waals surface area contributed by atoms with Gasteiger partial charge in [-0.1, -0.05) is 12.1 Å². The van der Waals surface area contributed by atoms with Crippen molar-refractivity contribution in [2.75, 3.05) is 5.32 Å². The normalized spacial score (nSPS) is 10.3. The van der Waals surface area contributed by atoms with Crippen molar-refractivity contribution in [1.29, 1.82) is 0 Å². The van der Waals surface area contributed by atoms with Crippen molar-refractivity contribution in [2.45, 2.75) is 26.9 Å². The summed E-state index contributed by atoms with van der Waals surface area (Å²) in [6.45, 7) is 9.23. The van der Waals surface area contributed by atoms with Crippen molar-refractivity contribution >= 4 is 5.95 Å². The number of aryl methyl sites for hydroxylation is 2. The molecule has 2 rings (SSSR count). The molecule has 0 aliphatic carbocycles. The second-order valence-corrected chi connectivity index (χ2v) is 4.27. The zero-order valence-corrected chi connectivity index (χ0v) is 10.8. The first-order valence-corrected chi connectivity index (χ1v) is 5.99. The molecule has 0 saturated carbocycles. The number of nitrogens with one attached hydrogen (secondary N) is 1. The monoisotopic (exact) mass is 242 g/mol. The Kier molecular flexibility index (Phi) is 3.77. The van der Waals surface area contributed by atoms with Gasteiger partial charge in [0.05, 0.1) is 17.9 Å². The van der Waals surface area contributed by atoms with Crippen LogP contribution in [0.5, 0.6) is 0 Å². The molecule has 0 spiro atoms. The van der Waals surface area contributed by atoms with Gasteiger partial charge in [-0.15, -0.1) is 6.58 Å². The quantitative estimate of drug-likeness (QED) is 0.820. The smallest absolute Gasteiger partial charge is 0.203 e. The van der Waals surface area contributed by atoms with Gasteiger partial charge in [0.15, 0.2) is 0 Å². The maximum absolute atomic E-state index is 4.45. The molecule has 2 aromatic heterocycles. The van der Waals surface area contributed by atoms with Gasteiger partial charge in [0.1, 0.15) is 0 Å². The van der Waals surface area contributed by atoms with Gasteiger partial charge in [0, 0.05) is 18.9 Å². The third kappa shape index (κ3) is 2.77. The highest BCUT2D eigenvalue weighted by Gasteiger charge is 2.05. The zero-order chi connectivity index (χ0) is 13.0. The first kappa shape index (κ1) is 12.4. The molecule has 0 bridgehead atoms. The number of hydrogen-bond donors (Lipinski definition) is 1. The molecule has 94 valence electrons. The lowest BCUT2D eigenvalue weighted by atomic mass is 10.2. The summed E-state index contributed by atoms with van der Waals surface area (Å²) in [5.74, 6) is 0.859. The van der Waals surface area contributed by atoms with Gasteiger partial charge in [-0.25, -0.2) is 4.98 Å². The van der Waals surface area contributed by atoms with E-state index in [2.05, 4.69) is 34.9 Å². The molecule has 0 unspecified atom stereocenters. The summed E-state index contributed by atoms with van der Waals surface area (Å²) in [5.41, 5.74) is 3.23. The highest BCUT2D eigenvalue weighted by Crippen LogP contribution is 2.11. The lowest BCUT2D eigenvalue weighted by Gasteiger charge is -2.08. The standard InChI is InChI=1S/C14H18N4/c1-4-8-18-10-12(3)17-14(18)16-9-13-11(2)6-5-7-15-13/h4-7,10H,1,8-9H2,2-3H3,(H,16,17). The van der Waals surface area contributed by atoms with Gasteiger partial charge >= 0.3 is 0 Å². The Hall–Kier alpha value is -2.10. The van der Waals surface area contributed by atoms with Crippen molar-refractivity contribution in [3.8, 4) is 0 Å². The second-order valence-electron chi connectivity index (χ2n) is 4.27. The van der Waals surface area contributed by atoms with E-state index >= 15 is 0 Å². The fourth-order valence-electron chi connectivity index (χ4n) is 1.83. The second kappa shape index (κ2) is 5.49. The predicted octanol–water partition coefficient (Wildman–Crippen LogP) is 2.69. The molecule has 0 saturated heterocycles. The third-order valence-corrected chi connectivity index (χ3v) is 2.75. The molecule has 0 amide bonds. The molecule has 0 aliphatic heterocycles. The van der Waals surface area contributed by atoms with Crippen LogP contribution < -0.4 is 5.32 Å². The first-order valence-electron chi connectivity index (χ1n) is 5.99. The van der Waals surface area contributed by atoms with Crippen LogP contribution in [0.25, 0.3) is 0 Å². The lowest BCUT2D eigenvalue weighted by molar-refractivity contribution is 0.816. The maximum atomic E-state index is 4.45. The number of aromatic nitrogens is 3. The predicted molar refractivity (Wildman–Crippen MR) is 73.5 cm³/mol. The maximum Gasteiger partial charge on any atom is 0.203 e. The van der Waals surface area contributed by atoms with Gasteiger partial charge in [-0.2, -0.15) is 0 Å². The summed E-state index contributed by atoms with van der Waals surface area (Å²) in [7, 11) is 0. The molecule has 0 aromatic carbocycles. The average molecular weight is 242 g/mol. The van der Waals surface area contributed by atoms with E-state index in [-0.39, 0.29) is 0 Å². The number of allylic oxidation sites excluding steroid dienone is 1. The summed E-state index contributed by atoms with van der Waals surface area (Å²) in [5, 5.41) is 3.32. The van der Waals surface area contributed by atoms with Gasteiger partial charge in [0.25, 0.3) is 0 Å². The van der Waals surface area contributed by atoms with Crippen molar-refractivity contribution in [1.82, 2.24) is 14.5 Å². The summed E-state index contributed by atoms with van der Waals surface area (Å²) >= 11 is 0. The van der Waals surface area contributed by atoms with E-state index in [0.717, 1.165) is 23.9 Å². The number of rotatable bonds is 5. The summed E-state index contributed by atoms with van der Waals surface area (Å²) in [4.78, 5) is 8.81. The van der Waals surface area contributed by atoms with Crippen LogP contribution in [0.1, 0.15) is 17.0 Å². The van der Waals surface area contributed by atoms with Gasteiger partial charge < -0.3 is 9.88 Å². The Morgan fingerprint density at radius 2 is 2.28 bits per heavy atom. The van der Waals surface area contributed by atoms with Crippen LogP contribution in [-0.4, -0.2) is 14.5 Å². The number of pyridine rings is 1. The summed E-state index contributed by atoms with van der Waals surface area (Å²) in [6.07, 6.45) is 5.68. The molecule has 4 heteroatoms. The molecule has 2 heterocycles. The van der Waals surface area contributed by atoms with Crippen molar-refractivity contribution in [3.63, 3.8) is 0 Å². The van der Waals surface area contributed by atoms with E-state index in [0.29, 0.717) is 6.54 Å². The van der Waals surface area contributed by atoms with Gasteiger partial charge in [-0.3, -0.25) is 4.98 Å². The van der Waals surface area contributed by atoms with E-state index in [1.54, 1.807) is 0 Å². The topological polar surface area (TPSA) is 42.7 Å². The Bertz CT molecular complexity index is 542. The molecule has 4 nitrogen and oxygen atoms in total. The van der Waals surface area contributed by atoms with Crippen LogP contribution in [0.15, 0.2) is 37.2 Å². The van der Waals surface area contributed by atoms with Crippen LogP contribution in [0.2, 0.25) is 0 Å². The number of imidazole rings is 1. The molecule has 1 N–H and O–H groups in total. The molecule has 0 atom stereocenters. The minimum Gasteiger partial charge on any atom is -0.350 e. The molecule has 0 fully saturated rings. The lowest BCUT2D eigenvalue weighted by Crippen LogP contribution is -2.08. The minimum atomic E-state index is 0.681. The average Bonchev–Trinajstić information content (AvgIpc) is 2.69. The SMILES string of the molecule is C=CCn1cc(C)nc1NCc1ncccc1C. The van der Waals surface area contributed by atoms with Crippen molar-refractivity contribution < 1.29 is 0 Å². The Morgan fingerprint density at radius 3 is 3.00 bits per heavy atom.